The van der Waals surface area contributed by atoms with E-state index in [2.05, 4.69) is 5.32 Å². The van der Waals surface area contributed by atoms with Gasteiger partial charge in [0.05, 0.1) is 0 Å². The summed E-state index contributed by atoms with van der Waals surface area (Å²) in [7, 11) is 1.83. The Hall–Kier alpha value is 0.110. The molecule has 0 aliphatic rings. The number of nitrogens with one attached hydrogen (secondary N) is 1. The number of hydrogen-bond donors (Lipinski definition) is 1. The van der Waals surface area contributed by atoms with Gasteiger partial charge in [-0.05, 0) is 26.4 Å². The molecule has 4 heteroatoms. The maximum Gasteiger partial charge on any atom is 0.243 e. The molecule has 0 radical (unpaired) electrons. The van der Waals surface area contributed by atoms with E-state index >= 15 is 0 Å². The third-order valence-electron chi connectivity index (χ3n) is 1.84. The van der Waals surface area contributed by atoms with Crippen LogP contribution in [0.3, 0.4) is 0 Å². The van der Waals surface area contributed by atoms with E-state index in [0.29, 0.717) is 6.42 Å². The monoisotopic (exact) mass is 201 g/mol. The zero-order valence-corrected chi connectivity index (χ0v) is 8.68. The summed E-state index contributed by atoms with van der Waals surface area (Å²) in [5.74, 6) is 0. The Bertz CT molecular complexity index is 107. The minimum absolute atomic E-state index is 0. The van der Waals surface area contributed by atoms with Crippen molar-refractivity contribution in [3.05, 3.63) is 0 Å². The fraction of sp³-hybridized carbons (Fsp3) is 1.00. The molecule has 0 bridgehead atoms. The quantitative estimate of drug-likeness (QED) is 0.675. The zero-order valence-electron chi connectivity index (χ0n) is 7.86. The Morgan fingerprint density at radius 3 is 2.17 bits per heavy atom. The Morgan fingerprint density at radius 1 is 1.33 bits per heavy atom. The molecule has 0 rings (SSSR count). The molecule has 0 fully saturated rings. The minimum Gasteiger partial charge on any atom is -0.320 e. The molecule has 0 amide bonds. The van der Waals surface area contributed by atoms with E-state index in [1.54, 1.807) is 13.8 Å². The molecule has 0 saturated carbocycles. The second kappa shape index (κ2) is 6.61. The fourth-order valence-electron chi connectivity index (χ4n) is 0.830. The van der Waals surface area contributed by atoms with E-state index in [1.165, 1.54) is 0 Å². The summed E-state index contributed by atoms with van der Waals surface area (Å²) >= 11 is 0. The van der Waals surface area contributed by atoms with Gasteiger partial charge in [0.15, 0.2) is 0 Å². The van der Waals surface area contributed by atoms with Crippen LogP contribution in [-0.4, -0.2) is 20.0 Å². The fourth-order valence-corrected chi connectivity index (χ4v) is 0.830. The van der Waals surface area contributed by atoms with Gasteiger partial charge in [-0.1, -0.05) is 13.8 Å². The van der Waals surface area contributed by atoms with Gasteiger partial charge >= 0.3 is 0 Å². The van der Waals surface area contributed by atoms with Crippen molar-refractivity contribution in [2.24, 2.45) is 5.41 Å². The Balaban J connectivity index is 0. The van der Waals surface area contributed by atoms with Crippen LogP contribution in [0.2, 0.25) is 0 Å². The van der Waals surface area contributed by atoms with Crippen LogP contribution in [0, 0.1) is 5.41 Å². The molecule has 12 heavy (non-hydrogen) atoms. The van der Waals surface area contributed by atoms with Gasteiger partial charge in [0.25, 0.3) is 0 Å². The predicted octanol–water partition coefficient (Wildman–Crippen LogP) is 2.70. The summed E-state index contributed by atoms with van der Waals surface area (Å²) in [4.78, 5) is 0. The first-order valence-corrected chi connectivity index (χ1v) is 3.93. The largest absolute Gasteiger partial charge is 0.320 e. The molecule has 0 saturated heterocycles. The summed E-state index contributed by atoms with van der Waals surface area (Å²) in [5, 5.41) is 2.93. The van der Waals surface area contributed by atoms with Crippen molar-refractivity contribution < 1.29 is 8.78 Å². The van der Waals surface area contributed by atoms with Crippen molar-refractivity contribution in [2.75, 3.05) is 13.6 Å². The third-order valence-corrected chi connectivity index (χ3v) is 1.84. The summed E-state index contributed by atoms with van der Waals surface area (Å²) in [6.45, 7) is 4.02. The lowest BCUT2D eigenvalue weighted by Crippen LogP contribution is -2.23. The first-order chi connectivity index (χ1) is 5.00. The van der Waals surface area contributed by atoms with Crippen molar-refractivity contribution >= 4 is 12.4 Å². The van der Waals surface area contributed by atoms with Gasteiger partial charge in [0, 0.05) is 5.41 Å². The van der Waals surface area contributed by atoms with Gasteiger partial charge in [0.2, 0.25) is 6.43 Å². The number of hydrogen-bond acceptors (Lipinski definition) is 1. The van der Waals surface area contributed by atoms with Gasteiger partial charge in [-0.2, -0.15) is 0 Å². The Kier molecular flexibility index (Phi) is 8.05. The smallest absolute Gasteiger partial charge is 0.243 e. The average molecular weight is 202 g/mol. The summed E-state index contributed by atoms with van der Waals surface area (Å²) in [5.41, 5.74) is -0.823. The van der Waals surface area contributed by atoms with Crippen LogP contribution in [0.4, 0.5) is 8.78 Å². The molecule has 0 aromatic heterocycles. The van der Waals surface area contributed by atoms with Gasteiger partial charge in [-0.25, -0.2) is 8.78 Å². The lowest BCUT2D eigenvalue weighted by atomic mass is 9.88. The molecule has 76 valence electrons. The first-order valence-electron chi connectivity index (χ1n) is 3.93. The first kappa shape index (κ1) is 14.6. The molecule has 0 aromatic carbocycles. The van der Waals surface area contributed by atoms with Gasteiger partial charge < -0.3 is 5.32 Å². The molecule has 0 unspecified atom stereocenters. The van der Waals surface area contributed by atoms with Crippen LogP contribution in [0.15, 0.2) is 0 Å². The van der Waals surface area contributed by atoms with Crippen molar-refractivity contribution in [3.63, 3.8) is 0 Å². The van der Waals surface area contributed by atoms with Crippen LogP contribution in [-0.2, 0) is 0 Å². The van der Waals surface area contributed by atoms with Gasteiger partial charge in [-0.3, -0.25) is 0 Å². The normalized spacial score (nSPS) is 11.5. The highest BCUT2D eigenvalue weighted by Crippen LogP contribution is 2.29. The molecular weight excluding hydrogens is 184 g/mol. The molecule has 0 aromatic rings. The lowest BCUT2D eigenvalue weighted by molar-refractivity contribution is 0.0130. The van der Waals surface area contributed by atoms with E-state index in [-0.39, 0.29) is 12.4 Å². The van der Waals surface area contributed by atoms with E-state index in [9.17, 15) is 8.78 Å². The standard InChI is InChI=1S/C8H17F2N.ClH/c1-8(2,7(9)10)5-4-6-11-3;/h7,11H,4-6H2,1-3H3;1H. The van der Waals surface area contributed by atoms with E-state index in [4.69, 9.17) is 0 Å². The highest BCUT2D eigenvalue weighted by Gasteiger charge is 2.28. The maximum absolute atomic E-state index is 12.2. The zero-order chi connectivity index (χ0) is 8.91. The van der Waals surface area contributed by atoms with Crippen LogP contribution < -0.4 is 5.32 Å². The van der Waals surface area contributed by atoms with E-state index < -0.39 is 11.8 Å². The highest BCUT2D eigenvalue weighted by atomic mass is 35.5. The van der Waals surface area contributed by atoms with Crippen LogP contribution in [0.1, 0.15) is 26.7 Å². The molecule has 0 atom stereocenters. The second-order valence-corrected chi connectivity index (χ2v) is 3.50. The van der Waals surface area contributed by atoms with Crippen molar-refractivity contribution in [1.29, 1.82) is 0 Å². The minimum atomic E-state index is -2.21. The van der Waals surface area contributed by atoms with Crippen molar-refractivity contribution in [1.82, 2.24) is 5.32 Å². The van der Waals surface area contributed by atoms with Gasteiger partial charge in [0.1, 0.15) is 0 Å². The molecular formula is C8H18ClF2N. The highest BCUT2D eigenvalue weighted by molar-refractivity contribution is 5.85. The number of halogens is 3. The van der Waals surface area contributed by atoms with E-state index in [1.807, 2.05) is 7.05 Å². The molecule has 1 N–H and O–H groups in total. The summed E-state index contributed by atoms with van der Waals surface area (Å²) in [6, 6.07) is 0. The molecule has 1 nitrogen and oxygen atoms in total. The Labute approximate surface area is 79.3 Å². The average Bonchev–Trinajstić information content (AvgIpc) is 1.88. The molecule has 0 aliphatic heterocycles. The van der Waals surface area contributed by atoms with Gasteiger partial charge in [-0.15, -0.1) is 12.4 Å². The van der Waals surface area contributed by atoms with Crippen LogP contribution in [0.5, 0.6) is 0 Å². The summed E-state index contributed by atoms with van der Waals surface area (Å²) < 4.78 is 24.4. The SMILES string of the molecule is CNCCCC(C)(C)C(F)F.Cl. The second-order valence-electron chi connectivity index (χ2n) is 3.50. The number of rotatable bonds is 5. The maximum atomic E-state index is 12.2. The third kappa shape index (κ3) is 5.72. The predicted molar refractivity (Wildman–Crippen MR) is 50.2 cm³/mol. The Morgan fingerprint density at radius 2 is 1.83 bits per heavy atom. The summed E-state index contributed by atoms with van der Waals surface area (Å²) in [6.07, 6.45) is -0.821. The number of alkyl halides is 2. The lowest BCUT2D eigenvalue weighted by Gasteiger charge is -2.22. The molecule has 0 spiro atoms. The van der Waals surface area contributed by atoms with Crippen LogP contribution in [0.25, 0.3) is 0 Å². The van der Waals surface area contributed by atoms with Crippen molar-refractivity contribution in [3.8, 4) is 0 Å². The topological polar surface area (TPSA) is 12.0 Å². The molecule has 0 heterocycles. The van der Waals surface area contributed by atoms with Crippen LogP contribution >= 0.6 is 12.4 Å². The van der Waals surface area contributed by atoms with Crippen molar-refractivity contribution in [2.45, 2.75) is 33.1 Å². The van der Waals surface area contributed by atoms with E-state index in [0.717, 1.165) is 13.0 Å². The molecule has 0 aliphatic carbocycles.